The molecule has 2 aromatic carbocycles. The highest BCUT2D eigenvalue weighted by Gasteiger charge is 2.18. The molecule has 0 atom stereocenters. The normalized spacial score (nSPS) is 14.0. The molecule has 1 aliphatic rings. The molecular weight excluding hydrogens is 330 g/mol. The first-order valence-corrected chi connectivity index (χ1v) is 9.09. The third kappa shape index (κ3) is 3.80. The number of hydrogen-bond donors (Lipinski definition) is 1. The molecule has 0 amide bonds. The lowest BCUT2D eigenvalue weighted by atomic mass is 10.2. The number of sulfonamides is 1. The summed E-state index contributed by atoms with van der Waals surface area (Å²) in [6.45, 7) is 1.27. The lowest BCUT2D eigenvalue weighted by molar-refractivity contribution is 0.297. The van der Waals surface area contributed by atoms with Gasteiger partial charge >= 0.3 is 0 Å². The Bertz CT molecular complexity index is 802. The topological polar surface area (TPSA) is 73.9 Å². The van der Waals surface area contributed by atoms with Crippen LogP contribution in [0.15, 0.2) is 47.4 Å². The van der Waals surface area contributed by atoms with E-state index in [-0.39, 0.29) is 11.4 Å². The van der Waals surface area contributed by atoms with Gasteiger partial charge in [0.1, 0.15) is 5.75 Å². The molecule has 128 valence electrons. The fourth-order valence-electron chi connectivity index (χ4n) is 2.32. The molecule has 0 saturated heterocycles. The lowest BCUT2D eigenvalue weighted by Gasteiger charge is -2.11. The summed E-state index contributed by atoms with van der Waals surface area (Å²) in [4.78, 5) is 0.153. The number of methoxy groups -OCH3 is 1. The van der Waals surface area contributed by atoms with E-state index in [4.69, 9.17) is 14.2 Å². The van der Waals surface area contributed by atoms with Gasteiger partial charge < -0.3 is 14.2 Å². The Morgan fingerprint density at radius 3 is 2.46 bits per heavy atom. The largest absolute Gasteiger partial charge is 0.497 e. The van der Waals surface area contributed by atoms with Crippen LogP contribution in [-0.4, -0.2) is 28.7 Å². The highest BCUT2D eigenvalue weighted by Crippen LogP contribution is 2.31. The summed E-state index contributed by atoms with van der Waals surface area (Å²) in [5.74, 6) is 1.76. The van der Waals surface area contributed by atoms with Crippen molar-refractivity contribution in [1.82, 2.24) is 4.72 Å². The van der Waals surface area contributed by atoms with E-state index in [2.05, 4.69) is 4.72 Å². The predicted octanol–water partition coefficient (Wildman–Crippen LogP) is 2.33. The van der Waals surface area contributed by atoms with Crippen LogP contribution in [0.3, 0.4) is 0 Å². The fraction of sp³-hybridized carbons (Fsp3) is 0.294. The van der Waals surface area contributed by atoms with Gasteiger partial charge in [0.15, 0.2) is 11.5 Å². The quantitative estimate of drug-likeness (QED) is 0.897. The zero-order chi connectivity index (χ0) is 17.0. The van der Waals surface area contributed by atoms with Crippen molar-refractivity contribution in [3.05, 3.63) is 48.0 Å². The van der Waals surface area contributed by atoms with Gasteiger partial charge in [-0.1, -0.05) is 12.1 Å². The zero-order valence-electron chi connectivity index (χ0n) is 13.3. The maximum Gasteiger partial charge on any atom is 0.241 e. The van der Waals surface area contributed by atoms with Crippen molar-refractivity contribution in [3.63, 3.8) is 0 Å². The third-order valence-electron chi connectivity index (χ3n) is 3.65. The second kappa shape index (κ2) is 7.11. The van der Waals surface area contributed by atoms with Crippen LogP contribution in [0.4, 0.5) is 0 Å². The highest BCUT2D eigenvalue weighted by atomic mass is 32.2. The van der Waals surface area contributed by atoms with E-state index in [1.165, 1.54) is 12.1 Å². The number of rotatable bonds is 5. The average molecular weight is 349 g/mol. The van der Waals surface area contributed by atoms with E-state index in [1.807, 2.05) is 12.1 Å². The van der Waals surface area contributed by atoms with E-state index in [0.29, 0.717) is 24.7 Å². The first-order chi connectivity index (χ1) is 11.6. The summed E-state index contributed by atoms with van der Waals surface area (Å²) in [7, 11) is -2.05. The van der Waals surface area contributed by atoms with E-state index >= 15 is 0 Å². The highest BCUT2D eigenvalue weighted by molar-refractivity contribution is 7.89. The molecule has 1 aliphatic heterocycles. The summed E-state index contributed by atoms with van der Waals surface area (Å²) < 4.78 is 43.7. The van der Waals surface area contributed by atoms with Gasteiger partial charge in [0.05, 0.1) is 25.2 Å². The molecule has 0 aliphatic carbocycles. The van der Waals surface area contributed by atoms with Gasteiger partial charge in [0.2, 0.25) is 10.0 Å². The molecule has 0 aromatic heterocycles. The fourth-order valence-corrected chi connectivity index (χ4v) is 3.35. The number of ether oxygens (including phenoxy) is 3. The Morgan fingerprint density at radius 2 is 1.75 bits per heavy atom. The molecule has 1 N–H and O–H groups in total. The van der Waals surface area contributed by atoms with Crippen LogP contribution in [0.25, 0.3) is 0 Å². The maximum atomic E-state index is 12.5. The predicted molar refractivity (Wildman–Crippen MR) is 89.1 cm³/mol. The summed E-state index contributed by atoms with van der Waals surface area (Å²) >= 11 is 0. The molecule has 0 unspecified atom stereocenters. The van der Waals surface area contributed by atoms with Crippen LogP contribution in [0, 0.1) is 0 Å². The number of fused-ring (bicyclic) bond motifs is 1. The first-order valence-electron chi connectivity index (χ1n) is 7.61. The lowest BCUT2D eigenvalue weighted by Crippen LogP contribution is -2.23. The smallest absolute Gasteiger partial charge is 0.241 e. The number of hydrogen-bond acceptors (Lipinski definition) is 5. The summed E-state index contributed by atoms with van der Waals surface area (Å²) in [6.07, 6.45) is 0.770. The van der Waals surface area contributed by atoms with Crippen molar-refractivity contribution in [2.75, 3.05) is 20.3 Å². The monoisotopic (exact) mass is 349 g/mol. The minimum absolute atomic E-state index is 0.153. The second-order valence-electron chi connectivity index (χ2n) is 5.33. The molecule has 6 nitrogen and oxygen atoms in total. The summed E-state index contributed by atoms with van der Waals surface area (Å²) in [6, 6.07) is 11.8. The van der Waals surface area contributed by atoms with Crippen molar-refractivity contribution in [2.24, 2.45) is 0 Å². The van der Waals surface area contributed by atoms with Gasteiger partial charge in [-0.2, -0.15) is 0 Å². The molecule has 0 radical (unpaired) electrons. The first kappa shape index (κ1) is 16.6. The molecule has 0 spiro atoms. The van der Waals surface area contributed by atoms with E-state index in [1.54, 1.807) is 25.3 Å². The second-order valence-corrected chi connectivity index (χ2v) is 7.10. The van der Waals surface area contributed by atoms with Crippen molar-refractivity contribution >= 4 is 10.0 Å². The van der Waals surface area contributed by atoms with Gasteiger partial charge in [-0.25, -0.2) is 13.1 Å². The van der Waals surface area contributed by atoms with Gasteiger partial charge in [-0.15, -0.1) is 0 Å². The number of nitrogens with one attached hydrogen (secondary N) is 1. The minimum Gasteiger partial charge on any atom is -0.497 e. The number of benzene rings is 2. The molecule has 3 rings (SSSR count). The van der Waals surface area contributed by atoms with Crippen molar-refractivity contribution in [2.45, 2.75) is 17.9 Å². The third-order valence-corrected chi connectivity index (χ3v) is 5.05. The Hall–Kier alpha value is -2.25. The molecule has 2 aromatic rings. The van der Waals surface area contributed by atoms with Crippen molar-refractivity contribution in [1.29, 1.82) is 0 Å². The Kier molecular flexibility index (Phi) is 4.92. The molecule has 24 heavy (non-hydrogen) atoms. The van der Waals surface area contributed by atoms with E-state index in [0.717, 1.165) is 17.7 Å². The van der Waals surface area contributed by atoms with E-state index < -0.39 is 10.0 Å². The molecule has 1 heterocycles. The zero-order valence-corrected chi connectivity index (χ0v) is 14.1. The van der Waals surface area contributed by atoms with Gasteiger partial charge in [0, 0.05) is 19.0 Å². The van der Waals surface area contributed by atoms with Crippen LogP contribution in [-0.2, 0) is 16.6 Å². The van der Waals surface area contributed by atoms with Gasteiger partial charge in [-0.3, -0.25) is 0 Å². The molecular formula is C17H19NO5S. The van der Waals surface area contributed by atoms with Crippen molar-refractivity contribution in [3.8, 4) is 17.2 Å². The summed E-state index contributed by atoms with van der Waals surface area (Å²) in [5.41, 5.74) is 0.841. The Labute approximate surface area is 141 Å². The van der Waals surface area contributed by atoms with E-state index in [9.17, 15) is 8.42 Å². The standard InChI is InChI=1S/C17H19NO5S/c1-21-14-5-3-13(4-6-14)12-18-24(19,20)15-7-8-16-17(11-15)23-10-2-9-22-16/h3-8,11,18H,2,9-10,12H2,1H3. The molecule has 0 fully saturated rings. The van der Waals surface area contributed by atoms with Crippen LogP contribution >= 0.6 is 0 Å². The van der Waals surface area contributed by atoms with Crippen LogP contribution in [0.2, 0.25) is 0 Å². The maximum absolute atomic E-state index is 12.5. The molecule has 0 bridgehead atoms. The van der Waals surface area contributed by atoms with Crippen molar-refractivity contribution < 1.29 is 22.6 Å². The van der Waals surface area contributed by atoms with Gasteiger partial charge in [-0.05, 0) is 29.8 Å². The Balaban J connectivity index is 1.73. The molecule has 7 heteroatoms. The average Bonchev–Trinajstić information content (AvgIpc) is 2.85. The summed E-state index contributed by atoms with van der Waals surface area (Å²) in [5, 5.41) is 0. The SMILES string of the molecule is COc1ccc(CNS(=O)(=O)c2ccc3c(c2)OCCCO3)cc1. The Morgan fingerprint density at radius 1 is 1.04 bits per heavy atom. The molecule has 0 saturated carbocycles. The van der Waals surface area contributed by atoms with Crippen LogP contribution in [0.5, 0.6) is 17.2 Å². The van der Waals surface area contributed by atoms with Crippen LogP contribution in [0.1, 0.15) is 12.0 Å². The van der Waals surface area contributed by atoms with Gasteiger partial charge in [0.25, 0.3) is 0 Å². The van der Waals surface area contributed by atoms with Crippen LogP contribution < -0.4 is 18.9 Å². The minimum atomic E-state index is -3.64.